The normalized spacial score (nSPS) is 16.6. The molecule has 1 fully saturated rings. The molecule has 0 bridgehead atoms. The van der Waals surface area contributed by atoms with Crippen molar-refractivity contribution >= 4 is 24.1 Å². The average molecular weight is 355 g/mol. The van der Waals surface area contributed by atoms with Crippen LogP contribution < -0.4 is 10.1 Å². The molecule has 6 heteroatoms. The minimum atomic E-state index is 0. The van der Waals surface area contributed by atoms with Crippen molar-refractivity contribution in [3.63, 3.8) is 0 Å². The highest BCUT2D eigenvalue weighted by atomic mass is 35.5. The van der Waals surface area contributed by atoms with Gasteiger partial charge in [-0.3, -0.25) is 9.59 Å². The number of hydrogen-bond donors (Lipinski definition) is 1. The lowest BCUT2D eigenvalue weighted by Gasteiger charge is -2.24. The lowest BCUT2D eigenvalue weighted by molar-refractivity contribution is -0.131. The first-order valence-corrected chi connectivity index (χ1v) is 8.35. The Labute approximate surface area is 150 Å². The molecule has 1 heterocycles. The van der Waals surface area contributed by atoms with E-state index >= 15 is 0 Å². The largest absolute Gasteiger partial charge is 0.494 e. The van der Waals surface area contributed by atoms with Crippen LogP contribution in [0.15, 0.2) is 24.3 Å². The van der Waals surface area contributed by atoms with Gasteiger partial charge in [-0.2, -0.15) is 0 Å². The van der Waals surface area contributed by atoms with Gasteiger partial charge in [0.05, 0.1) is 6.61 Å². The van der Waals surface area contributed by atoms with Gasteiger partial charge in [-0.1, -0.05) is 0 Å². The lowest BCUT2D eigenvalue weighted by atomic mass is 10.1. The van der Waals surface area contributed by atoms with Crippen molar-refractivity contribution < 1.29 is 14.3 Å². The molecule has 0 aliphatic carbocycles. The molecule has 1 aliphatic rings. The quantitative estimate of drug-likeness (QED) is 0.729. The molecule has 134 valence electrons. The van der Waals surface area contributed by atoms with Crippen molar-refractivity contribution in [1.29, 1.82) is 0 Å². The molecule has 0 spiro atoms. The Morgan fingerprint density at radius 2 is 1.96 bits per heavy atom. The molecule has 1 aliphatic heterocycles. The van der Waals surface area contributed by atoms with Crippen LogP contribution in [0.4, 0.5) is 0 Å². The van der Waals surface area contributed by atoms with Crippen LogP contribution in [0.25, 0.3) is 0 Å². The molecule has 24 heavy (non-hydrogen) atoms. The van der Waals surface area contributed by atoms with Crippen LogP contribution in [0.5, 0.6) is 5.75 Å². The van der Waals surface area contributed by atoms with Gasteiger partial charge >= 0.3 is 0 Å². The maximum Gasteiger partial charge on any atom is 0.223 e. The average Bonchev–Trinajstić information content (AvgIpc) is 3.02. The lowest BCUT2D eigenvalue weighted by Crippen LogP contribution is -2.40. The van der Waals surface area contributed by atoms with Crippen LogP contribution in [0, 0.1) is 0 Å². The summed E-state index contributed by atoms with van der Waals surface area (Å²) in [5.41, 5.74) is 0.634. The summed E-state index contributed by atoms with van der Waals surface area (Å²) in [6.07, 6.45) is 2.63. The van der Waals surface area contributed by atoms with E-state index in [0.717, 1.165) is 31.7 Å². The van der Waals surface area contributed by atoms with E-state index in [1.807, 2.05) is 18.9 Å². The van der Waals surface area contributed by atoms with Crippen LogP contribution in [-0.2, 0) is 4.79 Å². The van der Waals surface area contributed by atoms with Gasteiger partial charge in [0.15, 0.2) is 5.78 Å². The Kier molecular flexibility index (Phi) is 8.79. The highest BCUT2D eigenvalue weighted by Crippen LogP contribution is 2.19. The Morgan fingerprint density at radius 3 is 2.58 bits per heavy atom. The summed E-state index contributed by atoms with van der Waals surface area (Å²) in [5.74, 6) is 0.847. The summed E-state index contributed by atoms with van der Waals surface area (Å²) >= 11 is 0. The Hall–Kier alpha value is -1.59. The number of ketones is 1. The summed E-state index contributed by atoms with van der Waals surface area (Å²) in [5, 5.41) is 3.13. The number of nitrogens with one attached hydrogen (secondary N) is 1. The topological polar surface area (TPSA) is 58.6 Å². The van der Waals surface area contributed by atoms with Crippen LogP contribution in [0.2, 0.25) is 0 Å². The smallest absolute Gasteiger partial charge is 0.223 e. The second kappa shape index (κ2) is 10.3. The molecular weight excluding hydrogens is 328 g/mol. The van der Waals surface area contributed by atoms with Crippen molar-refractivity contribution in [2.45, 2.75) is 38.6 Å². The summed E-state index contributed by atoms with van der Waals surface area (Å²) in [4.78, 5) is 26.5. The van der Waals surface area contributed by atoms with Crippen molar-refractivity contribution in [2.24, 2.45) is 0 Å². The predicted molar refractivity (Wildman–Crippen MR) is 97.1 cm³/mol. The Bertz CT molecular complexity index is 534. The fraction of sp³-hybridized carbons (Fsp3) is 0.556. The van der Waals surface area contributed by atoms with Crippen LogP contribution in [0.1, 0.15) is 43.0 Å². The van der Waals surface area contributed by atoms with E-state index in [9.17, 15) is 9.59 Å². The molecule has 1 unspecified atom stereocenters. The number of Topliss-reactive ketones (excluding diaryl/α,β-unsaturated/α-hetero) is 1. The van der Waals surface area contributed by atoms with E-state index in [2.05, 4.69) is 5.32 Å². The van der Waals surface area contributed by atoms with Gasteiger partial charge in [-0.05, 0) is 51.1 Å². The molecule has 2 rings (SSSR count). The minimum Gasteiger partial charge on any atom is -0.494 e. The molecular formula is C18H27ClN2O3. The van der Waals surface area contributed by atoms with Gasteiger partial charge in [0.25, 0.3) is 0 Å². The number of likely N-dealkylation sites (N-methyl/N-ethyl adjacent to an activating group) is 1. The zero-order valence-electron chi connectivity index (χ0n) is 14.4. The number of halogens is 1. The van der Waals surface area contributed by atoms with Gasteiger partial charge in [0, 0.05) is 37.5 Å². The number of carbonyl (C=O) groups excluding carboxylic acids is 2. The molecule has 5 nitrogen and oxygen atoms in total. The number of benzene rings is 1. The standard InChI is InChI=1S/C18H26N2O3.ClH/c1-3-23-16-8-6-14(7-9-16)17(21)10-11-18(22)20-12-4-5-15(20)13-19-2;/h6-9,15,19H,3-5,10-13H2,1-2H3;1H. The van der Waals surface area contributed by atoms with Gasteiger partial charge < -0.3 is 15.0 Å². The zero-order chi connectivity index (χ0) is 16.7. The predicted octanol–water partition coefficient (Wildman–Crippen LogP) is 2.68. The van der Waals surface area contributed by atoms with Crippen molar-refractivity contribution in [3.05, 3.63) is 29.8 Å². The number of amides is 1. The summed E-state index contributed by atoms with van der Waals surface area (Å²) in [6.45, 7) is 4.15. The highest BCUT2D eigenvalue weighted by molar-refractivity contribution is 5.98. The minimum absolute atomic E-state index is 0. The van der Waals surface area contributed by atoms with Crippen molar-refractivity contribution in [2.75, 3.05) is 26.7 Å². The molecule has 1 aromatic carbocycles. The number of nitrogens with zero attached hydrogens (tertiary/aromatic N) is 1. The fourth-order valence-corrected chi connectivity index (χ4v) is 3.02. The maximum absolute atomic E-state index is 12.3. The molecule has 1 atom stereocenters. The van der Waals surface area contributed by atoms with E-state index in [1.165, 1.54) is 0 Å². The first kappa shape index (κ1) is 20.5. The molecule has 0 saturated carbocycles. The summed E-state index contributed by atoms with van der Waals surface area (Å²) < 4.78 is 5.36. The fourth-order valence-electron chi connectivity index (χ4n) is 3.02. The third-order valence-electron chi connectivity index (χ3n) is 4.19. The van der Waals surface area contributed by atoms with E-state index in [4.69, 9.17) is 4.74 Å². The second-order valence-corrected chi connectivity index (χ2v) is 5.82. The highest BCUT2D eigenvalue weighted by Gasteiger charge is 2.27. The number of likely N-dealkylation sites (tertiary alicyclic amines) is 1. The molecule has 1 saturated heterocycles. The van der Waals surface area contributed by atoms with Crippen molar-refractivity contribution in [1.82, 2.24) is 10.2 Å². The Balaban J connectivity index is 0.00000288. The van der Waals surface area contributed by atoms with Crippen molar-refractivity contribution in [3.8, 4) is 5.75 Å². The van der Waals surface area contributed by atoms with Crippen LogP contribution >= 0.6 is 12.4 Å². The van der Waals surface area contributed by atoms with Crippen LogP contribution in [-0.4, -0.2) is 49.4 Å². The van der Waals surface area contributed by atoms with Gasteiger partial charge in [0.2, 0.25) is 5.91 Å². The SMILES string of the molecule is CCOc1ccc(C(=O)CCC(=O)N2CCCC2CNC)cc1.Cl. The van der Waals surface area contributed by atoms with Gasteiger partial charge in [-0.25, -0.2) is 0 Å². The monoisotopic (exact) mass is 354 g/mol. The molecule has 1 N–H and O–H groups in total. The number of carbonyl (C=O) groups is 2. The maximum atomic E-state index is 12.3. The third kappa shape index (κ3) is 5.49. The number of rotatable bonds is 8. The molecule has 1 amide bonds. The Morgan fingerprint density at radius 1 is 1.25 bits per heavy atom. The van der Waals surface area contributed by atoms with E-state index in [1.54, 1.807) is 24.3 Å². The number of ether oxygens (including phenoxy) is 1. The van der Waals surface area contributed by atoms with Gasteiger partial charge in [0.1, 0.15) is 5.75 Å². The van der Waals surface area contributed by atoms with E-state index in [0.29, 0.717) is 12.2 Å². The summed E-state index contributed by atoms with van der Waals surface area (Å²) in [7, 11) is 1.90. The molecule has 0 aromatic heterocycles. The second-order valence-electron chi connectivity index (χ2n) is 5.82. The number of hydrogen-bond acceptors (Lipinski definition) is 4. The third-order valence-corrected chi connectivity index (χ3v) is 4.19. The summed E-state index contributed by atoms with van der Waals surface area (Å²) in [6, 6.07) is 7.38. The molecule has 0 radical (unpaired) electrons. The van der Waals surface area contributed by atoms with E-state index in [-0.39, 0.29) is 43.0 Å². The zero-order valence-corrected chi connectivity index (χ0v) is 15.2. The van der Waals surface area contributed by atoms with E-state index < -0.39 is 0 Å². The molecule has 1 aromatic rings. The first-order valence-electron chi connectivity index (χ1n) is 8.35. The first-order chi connectivity index (χ1) is 11.2. The van der Waals surface area contributed by atoms with Crippen LogP contribution in [0.3, 0.4) is 0 Å². The van der Waals surface area contributed by atoms with Gasteiger partial charge in [-0.15, -0.1) is 12.4 Å².